The van der Waals surface area contributed by atoms with E-state index in [1.165, 1.54) is 5.69 Å². The number of amides is 1. The first-order valence-electron chi connectivity index (χ1n) is 8.94. The Labute approximate surface area is 157 Å². The fourth-order valence-electron chi connectivity index (χ4n) is 3.63. The third kappa shape index (κ3) is 3.41. The molecule has 2 aliphatic rings. The maximum absolute atomic E-state index is 11.9. The lowest BCUT2D eigenvalue weighted by molar-refractivity contribution is -0.129. The second-order valence-corrected chi connectivity index (χ2v) is 7.13. The maximum Gasteiger partial charge on any atom is 0.219 e. The fraction of sp³-hybridized carbons (Fsp3) is 0.500. The molecule has 1 fully saturated rings. The number of halogens is 1. The van der Waals surface area contributed by atoms with E-state index < -0.39 is 0 Å². The number of nitrogens with one attached hydrogen (secondary N) is 1. The molecule has 4 rings (SSSR count). The minimum absolute atomic E-state index is 0.0913. The van der Waals surface area contributed by atoms with E-state index in [1.807, 2.05) is 11.0 Å². The van der Waals surface area contributed by atoms with Crippen molar-refractivity contribution in [2.24, 2.45) is 0 Å². The van der Waals surface area contributed by atoms with E-state index in [0.29, 0.717) is 17.7 Å². The predicted octanol–water partition coefficient (Wildman–Crippen LogP) is 2.93. The summed E-state index contributed by atoms with van der Waals surface area (Å²) in [6.07, 6.45) is 4.44. The number of ether oxygens (including phenoxy) is 1. The van der Waals surface area contributed by atoms with Crippen molar-refractivity contribution in [3.05, 3.63) is 34.7 Å². The lowest BCUT2D eigenvalue weighted by Crippen LogP contribution is -2.35. The quantitative estimate of drug-likeness (QED) is 0.835. The van der Waals surface area contributed by atoms with Crippen LogP contribution >= 0.6 is 11.6 Å². The second-order valence-electron chi connectivity index (χ2n) is 6.75. The van der Waals surface area contributed by atoms with Crippen LogP contribution in [0.4, 0.5) is 11.5 Å². The number of aromatic nitrogens is 3. The van der Waals surface area contributed by atoms with Crippen molar-refractivity contribution in [2.45, 2.75) is 38.8 Å². The Balaban J connectivity index is 1.68. The average molecular weight is 376 g/mol. The zero-order valence-corrected chi connectivity index (χ0v) is 15.5. The van der Waals surface area contributed by atoms with Gasteiger partial charge in [-0.1, -0.05) is 11.6 Å². The van der Waals surface area contributed by atoms with E-state index in [9.17, 15) is 4.79 Å². The largest absolute Gasteiger partial charge is 0.381 e. The third-order valence-corrected chi connectivity index (χ3v) is 5.28. The Kier molecular flexibility index (Phi) is 4.82. The van der Waals surface area contributed by atoms with Gasteiger partial charge in [0.2, 0.25) is 5.91 Å². The molecule has 0 bridgehead atoms. The normalized spacial score (nSPS) is 17.8. The van der Waals surface area contributed by atoms with E-state index in [1.54, 1.807) is 19.2 Å². The minimum atomic E-state index is 0.0913. The summed E-state index contributed by atoms with van der Waals surface area (Å²) in [6, 6.07) is 3.97. The highest BCUT2D eigenvalue weighted by atomic mass is 35.5. The highest BCUT2D eigenvalue weighted by Gasteiger charge is 2.29. The van der Waals surface area contributed by atoms with Crippen molar-refractivity contribution in [1.82, 2.24) is 19.7 Å². The number of pyridine rings is 1. The molecule has 4 heterocycles. The molecule has 2 aromatic heterocycles. The molecule has 0 spiro atoms. The van der Waals surface area contributed by atoms with Crippen LogP contribution in [0.1, 0.15) is 37.1 Å². The van der Waals surface area contributed by atoms with E-state index in [-0.39, 0.29) is 5.91 Å². The fourth-order valence-corrected chi connectivity index (χ4v) is 3.74. The van der Waals surface area contributed by atoms with Gasteiger partial charge in [0.05, 0.1) is 24.5 Å². The summed E-state index contributed by atoms with van der Waals surface area (Å²) in [5.74, 6) is 0.884. The van der Waals surface area contributed by atoms with Gasteiger partial charge < -0.3 is 15.0 Å². The zero-order chi connectivity index (χ0) is 18.1. The molecule has 138 valence electrons. The Morgan fingerprint density at radius 3 is 2.85 bits per heavy atom. The molecule has 0 aliphatic carbocycles. The lowest BCUT2D eigenvalue weighted by atomic mass is 10.0. The Bertz CT molecular complexity index is 799. The lowest BCUT2D eigenvalue weighted by Gasteiger charge is -2.29. The number of hydrogen-bond donors (Lipinski definition) is 1. The van der Waals surface area contributed by atoms with Gasteiger partial charge in [0.25, 0.3) is 0 Å². The van der Waals surface area contributed by atoms with Crippen molar-refractivity contribution in [3.8, 4) is 0 Å². The van der Waals surface area contributed by atoms with E-state index in [4.69, 9.17) is 21.4 Å². The van der Waals surface area contributed by atoms with Gasteiger partial charge in [-0.05, 0) is 25.0 Å². The Morgan fingerprint density at radius 2 is 2.15 bits per heavy atom. The molecule has 0 aromatic carbocycles. The van der Waals surface area contributed by atoms with Crippen molar-refractivity contribution in [3.63, 3.8) is 0 Å². The third-order valence-electron chi connectivity index (χ3n) is 5.06. The van der Waals surface area contributed by atoms with Gasteiger partial charge >= 0.3 is 0 Å². The van der Waals surface area contributed by atoms with E-state index in [2.05, 4.69) is 15.0 Å². The number of fused-ring (bicyclic) bond motifs is 1. The Morgan fingerprint density at radius 1 is 1.35 bits per heavy atom. The molecule has 2 aromatic rings. The number of anilines is 2. The van der Waals surface area contributed by atoms with Crippen LogP contribution in [0.25, 0.3) is 0 Å². The number of nitrogens with zero attached hydrogens (tertiary/aromatic N) is 4. The molecule has 26 heavy (non-hydrogen) atoms. The van der Waals surface area contributed by atoms with Gasteiger partial charge in [-0.3, -0.25) is 9.48 Å². The minimum Gasteiger partial charge on any atom is -0.381 e. The number of carbonyl (C=O) groups is 1. The summed E-state index contributed by atoms with van der Waals surface area (Å²) in [6.45, 7) is 4.46. The van der Waals surface area contributed by atoms with Crippen molar-refractivity contribution < 1.29 is 9.53 Å². The predicted molar refractivity (Wildman–Crippen MR) is 98.6 cm³/mol. The van der Waals surface area contributed by atoms with Crippen LogP contribution in [0.15, 0.2) is 18.3 Å². The van der Waals surface area contributed by atoms with Gasteiger partial charge in [0.1, 0.15) is 5.15 Å². The first-order valence-corrected chi connectivity index (χ1v) is 9.31. The van der Waals surface area contributed by atoms with Crippen LogP contribution in [-0.2, 0) is 22.5 Å². The van der Waals surface area contributed by atoms with Crippen molar-refractivity contribution in [1.29, 1.82) is 0 Å². The van der Waals surface area contributed by atoms with E-state index >= 15 is 0 Å². The van der Waals surface area contributed by atoms with Gasteiger partial charge in [0, 0.05) is 44.4 Å². The van der Waals surface area contributed by atoms with Crippen LogP contribution in [0.2, 0.25) is 5.15 Å². The Hall–Kier alpha value is -2.12. The molecule has 1 N–H and O–H groups in total. The molecule has 1 amide bonds. The van der Waals surface area contributed by atoms with Crippen molar-refractivity contribution in [2.75, 3.05) is 25.1 Å². The standard InChI is InChI=1S/C18H22ClN5O2/c1-12(25)23-7-4-16-15(11-23)18(21-13-2-3-17(19)20-10-13)22-24(16)14-5-8-26-9-6-14/h2-3,10,14H,4-9,11H2,1H3,(H,21,22). The summed E-state index contributed by atoms with van der Waals surface area (Å²) in [5, 5.41) is 8.69. The van der Waals surface area contributed by atoms with Crippen LogP contribution in [0, 0.1) is 0 Å². The number of rotatable bonds is 3. The van der Waals surface area contributed by atoms with E-state index in [0.717, 1.165) is 56.1 Å². The molecular formula is C18H22ClN5O2. The highest BCUT2D eigenvalue weighted by molar-refractivity contribution is 6.29. The average Bonchev–Trinajstić information content (AvgIpc) is 3.02. The van der Waals surface area contributed by atoms with Crippen LogP contribution < -0.4 is 5.32 Å². The molecule has 0 radical (unpaired) electrons. The smallest absolute Gasteiger partial charge is 0.219 e. The second kappa shape index (κ2) is 7.25. The molecular weight excluding hydrogens is 354 g/mol. The molecule has 1 saturated heterocycles. The maximum atomic E-state index is 11.9. The first-order chi connectivity index (χ1) is 12.6. The summed E-state index contributed by atoms with van der Waals surface area (Å²) in [7, 11) is 0. The molecule has 0 unspecified atom stereocenters. The van der Waals surface area contributed by atoms with Crippen molar-refractivity contribution >= 4 is 29.0 Å². The summed E-state index contributed by atoms with van der Waals surface area (Å²) in [4.78, 5) is 17.8. The highest BCUT2D eigenvalue weighted by Crippen LogP contribution is 2.33. The zero-order valence-electron chi connectivity index (χ0n) is 14.7. The van der Waals surface area contributed by atoms with Crippen LogP contribution in [0.3, 0.4) is 0 Å². The first kappa shape index (κ1) is 17.3. The number of carbonyl (C=O) groups excluding carboxylic acids is 1. The number of hydrogen-bond acceptors (Lipinski definition) is 5. The SMILES string of the molecule is CC(=O)N1CCc2c(c(Nc3ccc(Cl)nc3)nn2C2CCOCC2)C1. The molecule has 8 heteroatoms. The molecule has 7 nitrogen and oxygen atoms in total. The topological polar surface area (TPSA) is 72.3 Å². The van der Waals surface area contributed by atoms with Crippen LogP contribution in [0.5, 0.6) is 0 Å². The van der Waals surface area contributed by atoms with Gasteiger partial charge in [-0.25, -0.2) is 4.98 Å². The van der Waals surface area contributed by atoms with Gasteiger partial charge in [-0.2, -0.15) is 5.10 Å². The molecule has 0 saturated carbocycles. The van der Waals surface area contributed by atoms with Crippen LogP contribution in [-0.4, -0.2) is 45.3 Å². The summed E-state index contributed by atoms with van der Waals surface area (Å²) in [5.41, 5.74) is 3.14. The molecule has 2 aliphatic heterocycles. The molecule has 0 atom stereocenters. The van der Waals surface area contributed by atoms with Gasteiger partial charge in [0.15, 0.2) is 5.82 Å². The van der Waals surface area contributed by atoms with Gasteiger partial charge in [-0.15, -0.1) is 0 Å². The summed E-state index contributed by atoms with van der Waals surface area (Å²) < 4.78 is 7.65. The monoisotopic (exact) mass is 375 g/mol. The summed E-state index contributed by atoms with van der Waals surface area (Å²) >= 11 is 5.88.